The van der Waals surface area contributed by atoms with Crippen LogP contribution in [0, 0.1) is 5.39 Å². The maximum atomic E-state index is 8.63. The van der Waals surface area contributed by atoms with Gasteiger partial charge in [-0.3, -0.25) is 4.55 Å². The first kappa shape index (κ1) is 13.0. The van der Waals surface area contributed by atoms with Crippen molar-refractivity contribution in [3.63, 3.8) is 0 Å². The first-order chi connectivity index (χ1) is 6.33. The van der Waals surface area contributed by atoms with Crippen molar-refractivity contribution < 1.29 is 17.5 Å². The predicted molar refractivity (Wildman–Crippen MR) is 51.2 cm³/mol. The molecule has 8 heteroatoms. The quantitative estimate of drug-likeness (QED) is 0.444. The second-order valence-electron chi connectivity index (χ2n) is 2.00. The molecule has 0 fully saturated rings. The predicted octanol–water partition coefficient (Wildman–Crippen LogP) is 1.94. The van der Waals surface area contributed by atoms with Gasteiger partial charge in [-0.2, -0.15) is 0 Å². The minimum atomic E-state index is -4.92. The van der Waals surface area contributed by atoms with Gasteiger partial charge in [0.2, 0.25) is 15.8 Å². The van der Waals surface area contributed by atoms with Crippen molar-refractivity contribution in [2.45, 2.75) is 0 Å². The smallest absolute Gasteiger partial charge is 0.385 e. The standard InChI is InChI=1S/C6H4BrN2.H2O4S/c7-5-1-3-6(9-8)4-2-5;1-5(2,3)4/h1-4H;(H2,1,2,3,4)/q+1;/p-1. The minimum Gasteiger partial charge on any atom is -0.726 e. The summed E-state index contributed by atoms with van der Waals surface area (Å²) in [6.07, 6.45) is 0. The molecule has 76 valence electrons. The molecule has 0 heterocycles. The molecule has 0 radical (unpaired) electrons. The van der Waals surface area contributed by atoms with Crippen molar-refractivity contribution in [2.24, 2.45) is 0 Å². The number of benzene rings is 1. The molecule has 0 aromatic heterocycles. The van der Waals surface area contributed by atoms with Crippen LogP contribution < -0.4 is 0 Å². The Morgan fingerprint density at radius 3 is 2.00 bits per heavy atom. The molecule has 1 aromatic rings. The summed E-state index contributed by atoms with van der Waals surface area (Å²) in [5.41, 5.74) is 0.568. The summed E-state index contributed by atoms with van der Waals surface area (Å²) in [4.78, 5) is 2.99. The molecule has 0 unspecified atom stereocenters. The van der Waals surface area contributed by atoms with Crippen molar-refractivity contribution in [3.05, 3.63) is 33.7 Å². The van der Waals surface area contributed by atoms with Crippen molar-refractivity contribution in [2.75, 3.05) is 0 Å². The highest BCUT2D eigenvalue weighted by Crippen LogP contribution is 2.15. The molecular weight excluding hydrogens is 276 g/mol. The van der Waals surface area contributed by atoms with Crippen LogP contribution in [0.25, 0.3) is 4.98 Å². The Morgan fingerprint density at radius 1 is 1.36 bits per heavy atom. The van der Waals surface area contributed by atoms with Crippen LogP contribution in [-0.4, -0.2) is 17.5 Å². The average molecular weight is 281 g/mol. The molecule has 0 aliphatic carbocycles. The fourth-order valence-corrected chi connectivity index (χ4v) is 0.772. The fourth-order valence-electron chi connectivity index (χ4n) is 0.508. The second kappa shape index (κ2) is 5.66. The van der Waals surface area contributed by atoms with E-state index in [0.29, 0.717) is 5.69 Å². The lowest BCUT2D eigenvalue weighted by Crippen LogP contribution is -1.90. The molecule has 6 nitrogen and oxygen atoms in total. The highest BCUT2D eigenvalue weighted by Gasteiger charge is 1.99. The van der Waals surface area contributed by atoms with Gasteiger partial charge in [0.05, 0.1) is 0 Å². The van der Waals surface area contributed by atoms with Gasteiger partial charge in [-0.25, -0.2) is 8.42 Å². The Labute approximate surface area is 88.9 Å². The van der Waals surface area contributed by atoms with Crippen LogP contribution in [0.4, 0.5) is 5.69 Å². The summed E-state index contributed by atoms with van der Waals surface area (Å²) < 4.78 is 33.8. The van der Waals surface area contributed by atoms with Crippen molar-refractivity contribution >= 4 is 32.0 Å². The van der Waals surface area contributed by atoms with Crippen LogP contribution in [0.3, 0.4) is 0 Å². The Morgan fingerprint density at radius 2 is 1.71 bits per heavy atom. The van der Waals surface area contributed by atoms with Crippen molar-refractivity contribution in [3.8, 4) is 0 Å². The van der Waals surface area contributed by atoms with E-state index >= 15 is 0 Å². The Bertz CT molecular complexity index is 414. The topological polar surface area (TPSA) is 106 Å². The molecular formula is C6H5BrN2O4S. The van der Waals surface area contributed by atoms with Crippen LogP contribution >= 0.6 is 15.9 Å². The highest BCUT2D eigenvalue weighted by molar-refractivity contribution is 9.10. The van der Waals surface area contributed by atoms with E-state index < -0.39 is 10.4 Å². The summed E-state index contributed by atoms with van der Waals surface area (Å²) in [6, 6.07) is 7.05. The Hall–Kier alpha value is -1.01. The molecule has 0 atom stereocenters. The molecule has 0 bridgehead atoms. The summed E-state index contributed by atoms with van der Waals surface area (Å²) in [5, 5.41) is 8.24. The monoisotopic (exact) mass is 280 g/mol. The minimum absolute atomic E-state index is 0.568. The van der Waals surface area contributed by atoms with Gasteiger partial charge >= 0.3 is 5.69 Å². The molecule has 1 rings (SSSR count). The Kier molecular flexibility index (Phi) is 5.26. The number of rotatable bonds is 0. The van der Waals surface area contributed by atoms with Crippen molar-refractivity contribution in [1.29, 1.82) is 5.39 Å². The maximum absolute atomic E-state index is 8.63. The van der Waals surface area contributed by atoms with Crippen molar-refractivity contribution in [1.82, 2.24) is 0 Å². The molecule has 0 spiro atoms. The van der Waals surface area contributed by atoms with E-state index in [9.17, 15) is 0 Å². The normalized spacial score (nSPS) is 9.57. The van der Waals surface area contributed by atoms with Crippen LogP contribution in [0.15, 0.2) is 28.7 Å². The summed E-state index contributed by atoms with van der Waals surface area (Å²) >= 11 is 3.25. The molecule has 0 saturated carbocycles. The summed E-state index contributed by atoms with van der Waals surface area (Å²) in [6.45, 7) is 0. The summed E-state index contributed by atoms with van der Waals surface area (Å²) in [7, 11) is -4.92. The molecule has 0 saturated heterocycles. The van der Waals surface area contributed by atoms with Gasteiger partial charge < -0.3 is 4.55 Å². The van der Waals surface area contributed by atoms with Gasteiger partial charge in [0, 0.05) is 16.6 Å². The van der Waals surface area contributed by atoms with Crippen LogP contribution in [0.1, 0.15) is 0 Å². The van der Waals surface area contributed by atoms with Gasteiger partial charge in [-0.1, -0.05) is 15.9 Å². The molecule has 0 aliphatic heterocycles. The number of nitrogens with zero attached hydrogens (tertiary/aromatic N) is 2. The van der Waals surface area contributed by atoms with Gasteiger partial charge in [-0.15, -0.1) is 0 Å². The van der Waals surface area contributed by atoms with E-state index in [1.807, 2.05) is 12.1 Å². The van der Waals surface area contributed by atoms with Gasteiger partial charge in [-0.05, 0) is 12.1 Å². The average Bonchev–Trinajstić information content (AvgIpc) is 2.03. The summed E-state index contributed by atoms with van der Waals surface area (Å²) in [5.74, 6) is 0. The van der Waals surface area contributed by atoms with E-state index in [2.05, 4.69) is 20.9 Å². The molecule has 1 aromatic carbocycles. The maximum Gasteiger partial charge on any atom is 0.385 e. The molecule has 0 aliphatic rings. The van der Waals surface area contributed by atoms with Crippen LogP contribution in [0.5, 0.6) is 0 Å². The van der Waals surface area contributed by atoms with Crippen LogP contribution in [0.2, 0.25) is 0 Å². The molecule has 14 heavy (non-hydrogen) atoms. The number of hydrogen-bond acceptors (Lipinski definition) is 4. The third-order valence-electron chi connectivity index (χ3n) is 0.942. The van der Waals surface area contributed by atoms with Gasteiger partial charge in [0.25, 0.3) is 0 Å². The first-order valence-corrected chi connectivity index (χ1v) is 5.27. The lowest BCUT2D eigenvalue weighted by atomic mass is 10.3. The largest absolute Gasteiger partial charge is 0.726 e. The van der Waals surface area contributed by atoms with Crippen LogP contribution in [-0.2, 0) is 10.4 Å². The third-order valence-corrected chi connectivity index (χ3v) is 1.47. The third kappa shape index (κ3) is 9.08. The fraction of sp³-hybridized carbons (Fsp3) is 0. The van der Waals surface area contributed by atoms with E-state index in [1.165, 1.54) is 0 Å². The zero-order chi connectivity index (χ0) is 11.2. The lowest BCUT2D eigenvalue weighted by molar-refractivity contribution is 0.366. The Balaban J connectivity index is 0.000000292. The first-order valence-electron chi connectivity index (χ1n) is 3.12. The SMILES string of the molecule is N#[N+]c1ccc(Br)cc1.O=S(=O)([O-])O. The molecule has 0 amide bonds. The second-order valence-corrected chi connectivity index (χ2v) is 3.78. The zero-order valence-corrected chi connectivity index (χ0v) is 9.06. The lowest BCUT2D eigenvalue weighted by Gasteiger charge is -1.88. The number of hydrogen-bond donors (Lipinski definition) is 1. The zero-order valence-electron chi connectivity index (χ0n) is 6.66. The highest BCUT2D eigenvalue weighted by atomic mass is 79.9. The van der Waals surface area contributed by atoms with E-state index in [4.69, 9.17) is 22.9 Å². The van der Waals surface area contributed by atoms with Gasteiger partial charge in [0.1, 0.15) is 0 Å². The van der Waals surface area contributed by atoms with E-state index in [0.717, 1.165) is 4.47 Å². The van der Waals surface area contributed by atoms with E-state index in [1.54, 1.807) is 12.1 Å². The molecule has 1 N–H and O–H groups in total. The van der Waals surface area contributed by atoms with Gasteiger partial charge in [0.15, 0.2) is 4.98 Å². The number of halogens is 1. The van der Waals surface area contributed by atoms with E-state index in [-0.39, 0.29) is 0 Å². The number of diazo groups is 1.